The Morgan fingerprint density at radius 1 is 1.28 bits per heavy atom. The van der Waals surface area contributed by atoms with Crippen molar-refractivity contribution in [2.24, 2.45) is 0 Å². The molecule has 32 heavy (non-hydrogen) atoms. The van der Waals surface area contributed by atoms with E-state index in [0.717, 1.165) is 16.7 Å². The molecular weight excluding hydrogens is 419 g/mol. The number of fused-ring (bicyclic) bond motifs is 2. The van der Waals surface area contributed by atoms with Gasteiger partial charge in [-0.2, -0.15) is 18.4 Å². The Morgan fingerprint density at radius 2 is 2.09 bits per heavy atom. The lowest BCUT2D eigenvalue weighted by Gasteiger charge is -2.36. The SMILES string of the molecule is Cc1ccc(C2=C(C#N)C(=O)NC3(CCc4cc(OCCCC(F)(F)F)ccc43)C2)nc1. The molecule has 1 atom stereocenters. The van der Waals surface area contributed by atoms with Crippen LogP contribution in [-0.2, 0) is 16.8 Å². The van der Waals surface area contributed by atoms with E-state index >= 15 is 0 Å². The number of carbonyl (C=O) groups excluding carboxylic acids is 1. The summed E-state index contributed by atoms with van der Waals surface area (Å²) in [5.74, 6) is 0.0928. The van der Waals surface area contributed by atoms with Gasteiger partial charge in [0.25, 0.3) is 5.91 Å². The summed E-state index contributed by atoms with van der Waals surface area (Å²) in [6.07, 6.45) is -1.68. The molecule has 1 aliphatic heterocycles. The highest BCUT2D eigenvalue weighted by atomic mass is 19.4. The summed E-state index contributed by atoms with van der Waals surface area (Å²) in [5, 5.41) is 12.6. The predicted molar refractivity (Wildman–Crippen MR) is 111 cm³/mol. The third kappa shape index (κ3) is 4.33. The molecule has 1 N–H and O–H groups in total. The van der Waals surface area contributed by atoms with Crippen LogP contribution in [-0.4, -0.2) is 23.7 Å². The third-order valence-electron chi connectivity index (χ3n) is 5.98. The Morgan fingerprint density at radius 3 is 2.78 bits per heavy atom. The van der Waals surface area contributed by atoms with Gasteiger partial charge in [-0.15, -0.1) is 0 Å². The van der Waals surface area contributed by atoms with E-state index in [2.05, 4.69) is 10.3 Å². The zero-order chi connectivity index (χ0) is 22.9. The number of ether oxygens (including phenoxy) is 1. The van der Waals surface area contributed by atoms with Crippen molar-refractivity contribution in [3.63, 3.8) is 0 Å². The molecule has 2 heterocycles. The van der Waals surface area contributed by atoms with Gasteiger partial charge in [0.1, 0.15) is 17.4 Å². The van der Waals surface area contributed by atoms with Crippen molar-refractivity contribution < 1.29 is 22.7 Å². The average molecular weight is 441 g/mol. The number of amides is 1. The quantitative estimate of drug-likeness (QED) is 0.680. The van der Waals surface area contributed by atoms with E-state index in [9.17, 15) is 23.2 Å². The molecule has 1 unspecified atom stereocenters. The van der Waals surface area contributed by atoms with E-state index in [4.69, 9.17) is 4.74 Å². The summed E-state index contributed by atoms with van der Waals surface area (Å²) in [6.45, 7) is 1.90. The van der Waals surface area contributed by atoms with Gasteiger partial charge in [0.05, 0.1) is 17.8 Å². The molecule has 1 aliphatic carbocycles. The largest absolute Gasteiger partial charge is 0.494 e. The fourth-order valence-electron chi connectivity index (χ4n) is 4.43. The highest BCUT2D eigenvalue weighted by Crippen LogP contribution is 2.46. The van der Waals surface area contributed by atoms with Gasteiger partial charge in [0.15, 0.2) is 0 Å². The van der Waals surface area contributed by atoms with Crippen molar-refractivity contribution in [3.05, 3.63) is 64.5 Å². The maximum atomic E-state index is 12.8. The molecule has 0 saturated heterocycles. The highest BCUT2D eigenvalue weighted by Gasteiger charge is 2.45. The molecule has 1 aromatic carbocycles. The number of pyridine rings is 1. The van der Waals surface area contributed by atoms with Gasteiger partial charge >= 0.3 is 6.18 Å². The lowest BCUT2D eigenvalue weighted by molar-refractivity contribution is -0.136. The number of aryl methyl sites for hydroxylation is 2. The zero-order valence-electron chi connectivity index (χ0n) is 17.6. The number of hydrogen-bond acceptors (Lipinski definition) is 4. The minimum absolute atomic E-state index is 0.0162. The normalized spacial score (nSPS) is 20.2. The first-order chi connectivity index (χ1) is 15.2. The van der Waals surface area contributed by atoms with Crippen LogP contribution >= 0.6 is 0 Å². The molecule has 8 heteroatoms. The highest BCUT2D eigenvalue weighted by molar-refractivity contribution is 6.07. The molecule has 1 amide bonds. The van der Waals surface area contributed by atoms with Gasteiger partial charge in [-0.1, -0.05) is 12.1 Å². The van der Waals surface area contributed by atoms with E-state index in [1.165, 1.54) is 0 Å². The molecule has 0 bridgehead atoms. The Labute approximate surface area is 183 Å². The topological polar surface area (TPSA) is 75.0 Å². The van der Waals surface area contributed by atoms with Gasteiger partial charge in [-0.25, -0.2) is 0 Å². The Hall–Kier alpha value is -3.34. The number of carbonyl (C=O) groups is 1. The van der Waals surface area contributed by atoms with Gasteiger partial charge < -0.3 is 10.1 Å². The number of nitriles is 1. The van der Waals surface area contributed by atoms with Crippen LogP contribution < -0.4 is 10.1 Å². The number of nitrogens with one attached hydrogen (secondary N) is 1. The van der Waals surface area contributed by atoms with Gasteiger partial charge in [0, 0.05) is 24.6 Å². The van der Waals surface area contributed by atoms with Crippen molar-refractivity contribution in [2.75, 3.05) is 6.61 Å². The van der Waals surface area contributed by atoms with Crippen molar-refractivity contribution in [3.8, 4) is 11.8 Å². The smallest absolute Gasteiger partial charge is 0.389 e. The van der Waals surface area contributed by atoms with Crippen molar-refractivity contribution in [1.29, 1.82) is 5.26 Å². The number of rotatable bonds is 5. The second kappa shape index (κ2) is 8.30. The molecule has 0 radical (unpaired) electrons. The third-order valence-corrected chi connectivity index (χ3v) is 5.98. The lowest BCUT2D eigenvalue weighted by Crippen LogP contribution is -2.48. The summed E-state index contributed by atoms with van der Waals surface area (Å²) in [4.78, 5) is 17.3. The van der Waals surface area contributed by atoms with Crippen LogP contribution in [0.4, 0.5) is 13.2 Å². The summed E-state index contributed by atoms with van der Waals surface area (Å²) < 4.78 is 42.4. The van der Waals surface area contributed by atoms with E-state index in [1.54, 1.807) is 12.3 Å². The first kappa shape index (κ1) is 21.9. The van der Waals surface area contributed by atoms with Crippen LogP contribution in [0.3, 0.4) is 0 Å². The summed E-state index contributed by atoms with van der Waals surface area (Å²) in [6, 6.07) is 11.2. The van der Waals surface area contributed by atoms with Crippen molar-refractivity contribution >= 4 is 11.5 Å². The summed E-state index contributed by atoms with van der Waals surface area (Å²) >= 11 is 0. The molecule has 4 rings (SSSR count). The van der Waals surface area contributed by atoms with E-state index < -0.39 is 24.0 Å². The molecule has 1 aromatic heterocycles. The van der Waals surface area contributed by atoms with Crippen LogP contribution in [0.1, 0.15) is 48.1 Å². The molecule has 0 fully saturated rings. The summed E-state index contributed by atoms with van der Waals surface area (Å²) in [5.41, 5.74) is 3.56. The zero-order valence-corrected chi connectivity index (χ0v) is 17.6. The minimum Gasteiger partial charge on any atom is -0.494 e. The molecule has 5 nitrogen and oxygen atoms in total. The summed E-state index contributed by atoms with van der Waals surface area (Å²) in [7, 11) is 0. The fourth-order valence-corrected chi connectivity index (χ4v) is 4.43. The average Bonchev–Trinajstić information content (AvgIpc) is 3.08. The standard InChI is InChI=1S/C24H22F3N3O2/c1-15-3-6-21(29-14-15)18-12-23(30-22(31)19(18)13-28)9-7-16-11-17(4-5-20(16)23)32-10-2-8-24(25,26)27/h3-6,11,14H,2,7-10,12H2,1H3,(H,30,31). The van der Waals surface area contributed by atoms with Gasteiger partial charge in [-0.3, -0.25) is 9.78 Å². The van der Waals surface area contributed by atoms with Crippen LogP contribution in [0.2, 0.25) is 0 Å². The van der Waals surface area contributed by atoms with Crippen LogP contribution in [0.15, 0.2) is 42.1 Å². The van der Waals surface area contributed by atoms with Crippen LogP contribution in [0, 0.1) is 18.3 Å². The number of nitrogens with zero attached hydrogens (tertiary/aromatic N) is 2. The maximum Gasteiger partial charge on any atom is 0.389 e. The van der Waals surface area contributed by atoms with Gasteiger partial charge in [-0.05, 0) is 61.1 Å². The Balaban J connectivity index is 1.57. The number of hydrogen-bond donors (Lipinski definition) is 1. The molecule has 0 saturated carbocycles. The van der Waals surface area contributed by atoms with E-state index in [1.807, 2.05) is 37.3 Å². The molecule has 2 aromatic rings. The van der Waals surface area contributed by atoms with Crippen LogP contribution in [0.5, 0.6) is 5.75 Å². The Kier molecular flexibility index (Phi) is 5.68. The first-order valence-corrected chi connectivity index (χ1v) is 10.4. The fraction of sp³-hybridized carbons (Fsp3) is 0.375. The lowest BCUT2D eigenvalue weighted by atomic mass is 9.79. The van der Waals surface area contributed by atoms with Gasteiger partial charge in [0.2, 0.25) is 0 Å². The number of benzene rings is 1. The number of halogens is 3. The second-order valence-corrected chi connectivity index (χ2v) is 8.29. The molecule has 1 spiro atoms. The van der Waals surface area contributed by atoms with Crippen molar-refractivity contribution in [2.45, 2.75) is 50.7 Å². The Bertz CT molecular complexity index is 1120. The first-order valence-electron chi connectivity index (χ1n) is 10.4. The molecule has 2 aliphatic rings. The van der Waals surface area contributed by atoms with E-state index in [-0.39, 0.29) is 18.6 Å². The van der Waals surface area contributed by atoms with Crippen molar-refractivity contribution in [1.82, 2.24) is 10.3 Å². The number of aromatic nitrogens is 1. The molecule has 166 valence electrons. The maximum absolute atomic E-state index is 12.8. The van der Waals surface area contributed by atoms with E-state index in [0.29, 0.717) is 36.3 Å². The minimum atomic E-state index is -4.19. The predicted octanol–water partition coefficient (Wildman–Crippen LogP) is 4.75. The second-order valence-electron chi connectivity index (χ2n) is 8.29. The van der Waals surface area contributed by atoms with Crippen LogP contribution in [0.25, 0.3) is 5.57 Å². The number of alkyl halides is 3. The molecular formula is C24H22F3N3O2. The monoisotopic (exact) mass is 441 g/mol.